The molecule has 0 aliphatic rings. The molecule has 0 fully saturated rings. The number of aromatic nitrogens is 1. The molecule has 0 aliphatic carbocycles. The number of nitrogens with one attached hydrogen (secondary N) is 1. The van der Waals surface area contributed by atoms with Gasteiger partial charge in [0.15, 0.2) is 0 Å². The van der Waals surface area contributed by atoms with Crippen molar-refractivity contribution in [2.45, 2.75) is 6.54 Å². The van der Waals surface area contributed by atoms with Crippen LogP contribution in [0, 0.1) is 0 Å². The standard InChI is InChI=1S/C14H14ClN3O2/c1-20-12-6-2-5-11(15)10(12)8-18-14-9(13(16)19)4-3-7-17-14/h2-7H,8H2,1H3,(H2,16,19)(H,17,18). The van der Waals surface area contributed by atoms with Crippen molar-refractivity contribution >= 4 is 23.3 Å². The fraction of sp³-hybridized carbons (Fsp3) is 0.143. The van der Waals surface area contributed by atoms with Gasteiger partial charge in [-0.3, -0.25) is 4.79 Å². The Balaban J connectivity index is 2.24. The van der Waals surface area contributed by atoms with Crippen molar-refractivity contribution in [1.82, 2.24) is 4.98 Å². The number of pyridine rings is 1. The number of hydrogen-bond acceptors (Lipinski definition) is 4. The maximum absolute atomic E-state index is 11.3. The van der Waals surface area contributed by atoms with Crippen LogP contribution in [0.5, 0.6) is 5.75 Å². The molecule has 1 aromatic carbocycles. The zero-order valence-electron chi connectivity index (χ0n) is 10.9. The van der Waals surface area contributed by atoms with Gasteiger partial charge in [-0.2, -0.15) is 0 Å². The molecule has 0 atom stereocenters. The Morgan fingerprint density at radius 1 is 1.40 bits per heavy atom. The number of anilines is 1. The molecule has 1 aromatic heterocycles. The summed E-state index contributed by atoms with van der Waals surface area (Å²) in [5.41, 5.74) is 6.42. The Morgan fingerprint density at radius 2 is 2.20 bits per heavy atom. The molecule has 0 bridgehead atoms. The molecule has 1 heterocycles. The van der Waals surface area contributed by atoms with E-state index < -0.39 is 5.91 Å². The molecule has 104 valence electrons. The lowest BCUT2D eigenvalue weighted by atomic mass is 10.2. The van der Waals surface area contributed by atoms with Gasteiger partial charge in [-0.25, -0.2) is 4.98 Å². The molecule has 0 saturated carbocycles. The smallest absolute Gasteiger partial charge is 0.252 e. The van der Waals surface area contributed by atoms with E-state index in [1.807, 2.05) is 6.07 Å². The Hall–Kier alpha value is -2.27. The van der Waals surface area contributed by atoms with Gasteiger partial charge in [-0.15, -0.1) is 0 Å². The van der Waals surface area contributed by atoms with Crippen LogP contribution in [0.4, 0.5) is 5.82 Å². The van der Waals surface area contributed by atoms with Gasteiger partial charge in [0, 0.05) is 23.3 Å². The normalized spacial score (nSPS) is 10.1. The van der Waals surface area contributed by atoms with Gasteiger partial charge in [0.1, 0.15) is 11.6 Å². The molecule has 0 saturated heterocycles. The van der Waals surface area contributed by atoms with Gasteiger partial charge >= 0.3 is 0 Å². The molecule has 0 spiro atoms. The van der Waals surface area contributed by atoms with E-state index >= 15 is 0 Å². The number of nitrogens with zero attached hydrogens (tertiary/aromatic N) is 1. The van der Waals surface area contributed by atoms with E-state index in [0.29, 0.717) is 28.7 Å². The minimum Gasteiger partial charge on any atom is -0.496 e. The first-order valence-corrected chi connectivity index (χ1v) is 6.31. The minimum absolute atomic E-state index is 0.332. The number of amides is 1. The maximum atomic E-state index is 11.3. The molecule has 2 rings (SSSR count). The molecule has 20 heavy (non-hydrogen) atoms. The molecule has 0 radical (unpaired) electrons. The number of ether oxygens (including phenoxy) is 1. The highest BCUT2D eigenvalue weighted by molar-refractivity contribution is 6.31. The quantitative estimate of drug-likeness (QED) is 0.887. The zero-order valence-corrected chi connectivity index (χ0v) is 11.6. The van der Waals surface area contributed by atoms with E-state index in [0.717, 1.165) is 5.56 Å². The highest BCUT2D eigenvalue weighted by atomic mass is 35.5. The summed E-state index contributed by atoms with van der Waals surface area (Å²) >= 11 is 6.14. The molecule has 0 aliphatic heterocycles. The maximum Gasteiger partial charge on any atom is 0.252 e. The molecule has 6 heteroatoms. The third-order valence-electron chi connectivity index (χ3n) is 2.80. The van der Waals surface area contributed by atoms with Crippen LogP contribution in [-0.2, 0) is 6.54 Å². The molecule has 2 aromatic rings. The number of rotatable bonds is 5. The van der Waals surface area contributed by atoms with Crippen LogP contribution in [0.25, 0.3) is 0 Å². The van der Waals surface area contributed by atoms with Crippen LogP contribution < -0.4 is 15.8 Å². The lowest BCUT2D eigenvalue weighted by molar-refractivity contribution is 0.100. The highest BCUT2D eigenvalue weighted by Gasteiger charge is 2.11. The van der Waals surface area contributed by atoms with Crippen LogP contribution in [0.2, 0.25) is 5.02 Å². The van der Waals surface area contributed by atoms with Gasteiger partial charge in [-0.1, -0.05) is 17.7 Å². The summed E-state index contributed by atoms with van der Waals surface area (Å²) in [4.78, 5) is 15.4. The average molecular weight is 292 g/mol. The number of halogens is 1. The summed E-state index contributed by atoms with van der Waals surface area (Å²) < 4.78 is 5.26. The van der Waals surface area contributed by atoms with Gasteiger partial charge < -0.3 is 15.8 Å². The fourth-order valence-electron chi connectivity index (χ4n) is 1.82. The zero-order chi connectivity index (χ0) is 14.5. The Bertz CT molecular complexity index is 632. The second-order valence-corrected chi connectivity index (χ2v) is 4.45. The summed E-state index contributed by atoms with van der Waals surface area (Å²) in [5, 5.41) is 3.63. The van der Waals surface area contributed by atoms with Gasteiger partial charge in [0.05, 0.1) is 12.7 Å². The first-order chi connectivity index (χ1) is 9.63. The van der Waals surface area contributed by atoms with E-state index in [9.17, 15) is 4.79 Å². The average Bonchev–Trinajstić information content (AvgIpc) is 2.46. The lowest BCUT2D eigenvalue weighted by Crippen LogP contribution is -2.15. The van der Waals surface area contributed by atoms with Crippen LogP contribution in [0.3, 0.4) is 0 Å². The predicted molar refractivity (Wildman–Crippen MR) is 78.1 cm³/mol. The van der Waals surface area contributed by atoms with Crippen molar-refractivity contribution in [2.24, 2.45) is 5.73 Å². The van der Waals surface area contributed by atoms with Crippen molar-refractivity contribution in [2.75, 3.05) is 12.4 Å². The van der Waals surface area contributed by atoms with E-state index in [1.54, 1.807) is 37.6 Å². The summed E-state index contributed by atoms with van der Waals surface area (Å²) in [7, 11) is 1.57. The molecular weight excluding hydrogens is 278 g/mol. The minimum atomic E-state index is -0.535. The summed E-state index contributed by atoms with van der Waals surface area (Å²) in [6.07, 6.45) is 1.58. The number of carbonyl (C=O) groups is 1. The van der Waals surface area contributed by atoms with Crippen molar-refractivity contribution < 1.29 is 9.53 Å². The fourth-order valence-corrected chi connectivity index (χ4v) is 2.05. The molecule has 3 N–H and O–H groups in total. The summed E-state index contributed by atoms with van der Waals surface area (Å²) in [6, 6.07) is 8.66. The Labute approximate surface area is 121 Å². The monoisotopic (exact) mass is 291 g/mol. The van der Waals surface area contributed by atoms with Crippen LogP contribution in [-0.4, -0.2) is 18.0 Å². The topological polar surface area (TPSA) is 77.2 Å². The number of benzene rings is 1. The van der Waals surface area contributed by atoms with Gasteiger partial charge in [0.2, 0.25) is 0 Å². The number of hydrogen-bond donors (Lipinski definition) is 2. The number of nitrogens with two attached hydrogens (primary N) is 1. The van der Waals surface area contributed by atoms with Crippen LogP contribution in [0.15, 0.2) is 36.5 Å². The van der Waals surface area contributed by atoms with E-state index in [2.05, 4.69) is 10.3 Å². The first-order valence-electron chi connectivity index (χ1n) is 5.93. The second kappa shape index (κ2) is 6.25. The Morgan fingerprint density at radius 3 is 2.90 bits per heavy atom. The third kappa shape index (κ3) is 3.00. The van der Waals surface area contributed by atoms with Crippen molar-refractivity contribution in [3.05, 3.63) is 52.7 Å². The van der Waals surface area contributed by atoms with Crippen molar-refractivity contribution in [1.29, 1.82) is 0 Å². The molecule has 1 amide bonds. The SMILES string of the molecule is COc1cccc(Cl)c1CNc1ncccc1C(N)=O. The van der Waals surface area contributed by atoms with Gasteiger partial charge in [-0.05, 0) is 24.3 Å². The predicted octanol–water partition coefficient (Wildman–Crippen LogP) is 2.45. The highest BCUT2D eigenvalue weighted by Crippen LogP contribution is 2.27. The van der Waals surface area contributed by atoms with E-state index in [4.69, 9.17) is 22.1 Å². The Kier molecular flexibility index (Phi) is 4.42. The largest absolute Gasteiger partial charge is 0.496 e. The summed E-state index contributed by atoms with van der Waals surface area (Å²) in [6.45, 7) is 0.375. The summed E-state index contributed by atoms with van der Waals surface area (Å²) in [5.74, 6) is 0.551. The molecular formula is C14H14ClN3O2. The van der Waals surface area contributed by atoms with E-state index in [-0.39, 0.29) is 0 Å². The van der Waals surface area contributed by atoms with Crippen molar-refractivity contribution in [3.8, 4) is 5.75 Å². The van der Waals surface area contributed by atoms with E-state index in [1.165, 1.54) is 0 Å². The first kappa shape index (κ1) is 14.1. The molecule has 0 unspecified atom stereocenters. The lowest BCUT2D eigenvalue weighted by Gasteiger charge is -2.13. The number of primary amides is 1. The third-order valence-corrected chi connectivity index (χ3v) is 3.16. The number of methoxy groups -OCH3 is 1. The van der Waals surface area contributed by atoms with Crippen LogP contribution in [0.1, 0.15) is 15.9 Å². The second-order valence-electron chi connectivity index (χ2n) is 4.04. The number of carbonyl (C=O) groups excluding carboxylic acids is 1. The van der Waals surface area contributed by atoms with Crippen LogP contribution >= 0.6 is 11.6 Å². The molecule has 5 nitrogen and oxygen atoms in total. The van der Waals surface area contributed by atoms with Crippen molar-refractivity contribution in [3.63, 3.8) is 0 Å². The van der Waals surface area contributed by atoms with Gasteiger partial charge in [0.25, 0.3) is 5.91 Å².